The highest BCUT2D eigenvalue weighted by atomic mass is 19.1. The summed E-state index contributed by atoms with van der Waals surface area (Å²) in [5, 5.41) is 14.5. The van der Waals surface area contributed by atoms with Crippen LogP contribution in [0.1, 0.15) is 33.3 Å². The molecule has 2 aromatic rings. The van der Waals surface area contributed by atoms with Gasteiger partial charge < -0.3 is 15.3 Å². The van der Waals surface area contributed by atoms with Crippen LogP contribution < -0.4 is 15.8 Å². The molecule has 1 atom stereocenters. The van der Waals surface area contributed by atoms with E-state index in [1.165, 1.54) is 21.8 Å². The average Bonchev–Trinajstić information content (AvgIpc) is 2.87. The molecule has 0 saturated heterocycles. The monoisotopic (exact) mass is 416 g/mol. The number of halogens is 2. The van der Waals surface area contributed by atoms with Gasteiger partial charge in [0.15, 0.2) is 11.4 Å². The van der Waals surface area contributed by atoms with Crippen LogP contribution in [0.25, 0.3) is 0 Å². The average molecular weight is 416 g/mol. The van der Waals surface area contributed by atoms with Crippen LogP contribution in [0.2, 0.25) is 0 Å². The van der Waals surface area contributed by atoms with E-state index in [2.05, 4.69) is 5.32 Å². The topological polar surface area (TPSA) is 94.9 Å². The molecule has 4 rings (SSSR count). The van der Waals surface area contributed by atoms with Gasteiger partial charge in [-0.2, -0.15) is 0 Å². The number of fused-ring (bicyclic) bond motifs is 4. The molecule has 2 bridgehead atoms. The van der Waals surface area contributed by atoms with Crippen LogP contribution in [0.3, 0.4) is 0 Å². The van der Waals surface area contributed by atoms with E-state index in [9.17, 15) is 28.3 Å². The Morgan fingerprint density at radius 2 is 2.07 bits per heavy atom. The number of hydrogen-bond acceptors (Lipinski definition) is 5. The fourth-order valence-corrected chi connectivity index (χ4v) is 3.50. The van der Waals surface area contributed by atoms with E-state index in [0.717, 1.165) is 6.07 Å². The molecule has 0 unspecified atom stereocenters. The number of hydrogen-bond donors (Lipinski definition) is 2. The van der Waals surface area contributed by atoms with Gasteiger partial charge in [-0.3, -0.25) is 24.1 Å². The second-order valence-corrected chi connectivity index (χ2v) is 7.11. The van der Waals surface area contributed by atoms with Crippen molar-refractivity contribution in [3.05, 3.63) is 75.2 Å². The van der Waals surface area contributed by atoms with E-state index in [-0.39, 0.29) is 30.5 Å². The number of amides is 2. The summed E-state index contributed by atoms with van der Waals surface area (Å²) < 4.78 is 28.1. The molecule has 0 saturated carbocycles. The largest absolute Gasteiger partial charge is 0.502 e. The maximum absolute atomic E-state index is 13.8. The maximum atomic E-state index is 13.8. The minimum atomic E-state index is -1.01. The van der Waals surface area contributed by atoms with Gasteiger partial charge in [-0.1, -0.05) is 18.2 Å². The van der Waals surface area contributed by atoms with Crippen LogP contribution in [0.15, 0.2) is 41.3 Å². The minimum absolute atomic E-state index is 0.0316. The van der Waals surface area contributed by atoms with Gasteiger partial charge in [-0.05, 0) is 13.0 Å². The number of carbonyl (C=O) groups excluding carboxylic acids is 2. The van der Waals surface area contributed by atoms with Gasteiger partial charge in [0.25, 0.3) is 11.8 Å². The number of nitrogens with one attached hydrogen (secondary N) is 1. The summed E-state index contributed by atoms with van der Waals surface area (Å²) in [6.07, 6.45) is 4.88. The van der Waals surface area contributed by atoms with Crippen LogP contribution in [0.5, 0.6) is 5.75 Å². The Hall–Kier alpha value is -3.69. The van der Waals surface area contributed by atoms with Crippen molar-refractivity contribution in [2.45, 2.75) is 19.5 Å². The summed E-state index contributed by atoms with van der Waals surface area (Å²) in [5.74, 6) is -3.80. The first kappa shape index (κ1) is 19.6. The molecule has 2 aliphatic heterocycles. The molecule has 1 aromatic carbocycles. The number of benzene rings is 1. The molecule has 10 heteroatoms. The Labute approximate surface area is 169 Å². The zero-order chi connectivity index (χ0) is 21.6. The predicted octanol–water partition coefficient (Wildman–Crippen LogP) is 1.07. The number of carbonyl (C=O) groups is 2. The predicted molar refractivity (Wildman–Crippen MR) is 103 cm³/mol. The summed E-state index contributed by atoms with van der Waals surface area (Å²) in [4.78, 5) is 39.3. The summed E-state index contributed by atoms with van der Waals surface area (Å²) in [5.41, 5.74) is -1.60. The second kappa shape index (κ2) is 7.29. The number of nitrogens with zero attached hydrogens (tertiary/aromatic N) is 3. The molecule has 0 aliphatic carbocycles. The molecule has 2 N–H and O–H groups in total. The maximum Gasteiger partial charge on any atom is 0.278 e. The van der Waals surface area contributed by atoms with Gasteiger partial charge in [-0.15, -0.1) is 0 Å². The lowest BCUT2D eigenvalue weighted by molar-refractivity contribution is 0.0707. The van der Waals surface area contributed by atoms with Crippen molar-refractivity contribution < 1.29 is 23.5 Å². The zero-order valence-corrected chi connectivity index (χ0v) is 15.9. The highest BCUT2D eigenvalue weighted by molar-refractivity contribution is 5.99. The summed E-state index contributed by atoms with van der Waals surface area (Å²) >= 11 is 0. The number of aromatic nitrogens is 1. The standard InChI is InChI=1S/C20H18F2N4O4/c1-11-3-2-6-24-10-26(11)25-9-14(17(27)18(28)16(25)20(24)30)19(29)23-8-12-4-5-13(21)7-15(12)22/h2-5,7,9,11,28H,6,8,10H2,1H3,(H,23,29)/t11-/m1/s1. The first-order chi connectivity index (χ1) is 14.3. The van der Waals surface area contributed by atoms with Crippen LogP contribution in [0, 0.1) is 11.6 Å². The van der Waals surface area contributed by atoms with E-state index >= 15 is 0 Å². The third kappa shape index (κ3) is 3.19. The Balaban J connectivity index is 1.69. The molecule has 2 amide bonds. The number of pyridine rings is 1. The quantitative estimate of drug-likeness (QED) is 0.730. The molecule has 30 heavy (non-hydrogen) atoms. The highest BCUT2D eigenvalue weighted by Crippen LogP contribution is 2.24. The molecular formula is C20H18F2N4O4. The Morgan fingerprint density at radius 1 is 1.30 bits per heavy atom. The lowest BCUT2D eigenvalue weighted by Gasteiger charge is -2.40. The lowest BCUT2D eigenvalue weighted by Crippen LogP contribution is -2.56. The molecule has 0 fully saturated rings. The fraction of sp³-hybridized carbons (Fsp3) is 0.250. The van der Waals surface area contributed by atoms with Crippen molar-refractivity contribution in [1.82, 2.24) is 14.9 Å². The molecule has 156 valence electrons. The van der Waals surface area contributed by atoms with Crippen LogP contribution in [-0.4, -0.2) is 45.8 Å². The van der Waals surface area contributed by atoms with Crippen LogP contribution in [0.4, 0.5) is 8.78 Å². The SMILES string of the molecule is C[C@@H]1C=CCN2CN1n1cc(C(=O)NCc3ccc(F)cc3F)c(=O)c(O)c1C2=O. The van der Waals surface area contributed by atoms with E-state index < -0.39 is 40.2 Å². The van der Waals surface area contributed by atoms with Gasteiger partial charge in [0.05, 0.1) is 6.04 Å². The molecule has 3 heterocycles. The van der Waals surface area contributed by atoms with E-state index in [1.54, 1.807) is 5.01 Å². The minimum Gasteiger partial charge on any atom is -0.502 e. The van der Waals surface area contributed by atoms with Gasteiger partial charge in [0.1, 0.15) is 23.9 Å². The number of aromatic hydroxyl groups is 1. The Kier molecular flexibility index (Phi) is 4.76. The summed E-state index contributed by atoms with van der Waals surface area (Å²) in [6, 6.07) is 2.75. The van der Waals surface area contributed by atoms with Crippen molar-refractivity contribution in [2.75, 3.05) is 18.2 Å². The molecule has 2 aliphatic rings. The highest BCUT2D eigenvalue weighted by Gasteiger charge is 2.36. The lowest BCUT2D eigenvalue weighted by atomic mass is 10.1. The first-order valence-corrected chi connectivity index (χ1v) is 9.21. The number of rotatable bonds is 3. The molecule has 0 spiro atoms. The van der Waals surface area contributed by atoms with Crippen molar-refractivity contribution in [2.24, 2.45) is 0 Å². The third-order valence-electron chi connectivity index (χ3n) is 5.16. The van der Waals surface area contributed by atoms with Crippen molar-refractivity contribution in [1.29, 1.82) is 0 Å². The smallest absolute Gasteiger partial charge is 0.278 e. The second-order valence-electron chi connectivity index (χ2n) is 7.11. The van der Waals surface area contributed by atoms with Gasteiger partial charge in [-0.25, -0.2) is 8.78 Å². The van der Waals surface area contributed by atoms with Crippen molar-refractivity contribution in [3.8, 4) is 5.75 Å². The summed E-state index contributed by atoms with van der Waals surface area (Å²) in [6.45, 7) is 2.12. The van der Waals surface area contributed by atoms with Gasteiger partial charge in [0, 0.05) is 30.9 Å². The molecule has 0 radical (unpaired) electrons. The van der Waals surface area contributed by atoms with Crippen LogP contribution >= 0.6 is 0 Å². The molecular weight excluding hydrogens is 398 g/mol. The first-order valence-electron chi connectivity index (χ1n) is 9.21. The Morgan fingerprint density at radius 3 is 2.80 bits per heavy atom. The van der Waals surface area contributed by atoms with E-state index in [4.69, 9.17) is 0 Å². The molecule has 8 nitrogen and oxygen atoms in total. The van der Waals surface area contributed by atoms with Crippen molar-refractivity contribution >= 4 is 11.8 Å². The van der Waals surface area contributed by atoms with Crippen molar-refractivity contribution in [3.63, 3.8) is 0 Å². The normalized spacial score (nSPS) is 17.6. The van der Waals surface area contributed by atoms with E-state index in [0.29, 0.717) is 12.6 Å². The summed E-state index contributed by atoms with van der Waals surface area (Å²) in [7, 11) is 0. The third-order valence-corrected chi connectivity index (χ3v) is 5.16. The van der Waals surface area contributed by atoms with Gasteiger partial charge >= 0.3 is 0 Å². The Bertz CT molecular complexity index is 1140. The molecule has 1 aromatic heterocycles. The van der Waals surface area contributed by atoms with E-state index in [1.807, 2.05) is 19.1 Å². The van der Waals surface area contributed by atoms with Crippen LogP contribution in [-0.2, 0) is 6.54 Å². The van der Waals surface area contributed by atoms with Gasteiger partial charge in [0.2, 0.25) is 5.43 Å². The zero-order valence-electron chi connectivity index (χ0n) is 15.9. The fourth-order valence-electron chi connectivity index (χ4n) is 3.50.